The van der Waals surface area contributed by atoms with Gasteiger partial charge in [-0.1, -0.05) is 49.4 Å². The van der Waals surface area contributed by atoms with Crippen LogP contribution < -0.4 is 16.1 Å². The van der Waals surface area contributed by atoms with E-state index in [4.69, 9.17) is 11.6 Å². The first-order valence-electron chi connectivity index (χ1n) is 11.8. The second-order valence-electron chi connectivity index (χ2n) is 8.57. The molecular weight excluding hydrogens is 462 g/mol. The number of halogens is 1. The molecule has 0 saturated carbocycles. The van der Waals surface area contributed by atoms with Crippen LogP contribution in [0.5, 0.6) is 0 Å². The molecule has 2 unspecified atom stereocenters. The van der Waals surface area contributed by atoms with Gasteiger partial charge in [0.05, 0.1) is 12.1 Å². The summed E-state index contributed by atoms with van der Waals surface area (Å²) in [6, 6.07) is 8.59. The number of amides is 1. The summed E-state index contributed by atoms with van der Waals surface area (Å²) in [5.74, 6) is 0.132. The van der Waals surface area contributed by atoms with E-state index in [1.54, 1.807) is 25.4 Å². The van der Waals surface area contributed by atoms with Crippen molar-refractivity contribution in [1.29, 1.82) is 0 Å². The number of hydrogen-bond donors (Lipinski definition) is 3. The summed E-state index contributed by atoms with van der Waals surface area (Å²) in [5.41, 5.74) is 9.14. The molecule has 3 N–H and O–H groups in total. The average Bonchev–Trinajstić information content (AvgIpc) is 3.43. The summed E-state index contributed by atoms with van der Waals surface area (Å²) in [5, 5.41) is 8.20. The smallest absolute Gasteiger partial charge is 0.237 e. The molecule has 186 valence electrons. The van der Waals surface area contributed by atoms with Crippen LogP contribution in [0.3, 0.4) is 0 Å². The van der Waals surface area contributed by atoms with Gasteiger partial charge in [0.2, 0.25) is 5.91 Å². The minimum Gasteiger partial charge on any atom is -0.355 e. The number of nitrogens with one attached hydrogen (secondary N) is 3. The Kier molecular flexibility index (Phi) is 9.09. The Bertz CT molecular complexity index is 1100. The molecule has 1 aromatic carbocycles. The number of benzene rings is 1. The van der Waals surface area contributed by atoms with E-state index < -0.39 is 0 Å². The SMILES string of the molecule is C=C1C=C(C=O)C=CN1/C(Cl)=C(\CC)c1ccccc1C1=CN(C)NC1C.CNC1CCNC1=O. The maximum Gasteiger partial charge on any atom is 0.237 e. The molecule has 1 aromatic rings. The van der Waals surface area contributed by atoms with Crippen LogP contribution in [0.2, 0.25) is 0 Å². The zero-order chi connectivity index (χ0) is 25.5. The summed E-state index contributed by atoms with van der Waals surface area (Å²) in [4.78, 5) is 23.5. The lowest BCUT2D eigenvalue weighted by molar-refractivity contribution is -0.120. The van der Waals surface area contributed by atoms with Gasteiger partial charge in [0.1, 0.15) is 11.4 Å². The van der Waals surface area contributed by atoms with Gasteiger partial charge in [-0.15, -0.1) is 0 Å². The largest absolute Gasteiger partial charge is 0.355 e. The maximum atomic E-state index is 11.0. The molecular formula is C27H34ClN5O2. The van der Waals surface area contributed by atoms with E-state index in [1.807, 2.05) is 29.1 Å². The summed E-state index contributed by atoms with van der Waals surface area (Å²) in [7, 11) is 3.80. The molecule has 0 aromatic heterocycles. The second-order valence-corrected chi connectivity index (χ2v) is 8.93. The standard InChI is InChI=1S/C22H24ClN3O.C5H10N2O/c1-5-18(22(23)26-11-10-17(14-27)12-15(26)2)19-8-6-7-9-20(19)21-13-25(4)24-16(21)3;1-6-4-2-3-7-5(4)8/h6-14,16,24H,2,5H2,1,3-4H3;4,6H,2-3H2,1H3,(H,7,8)/b22-18+;. The average molecular weight is 496 g/mol. The second kappa shape index (κ2) is 12.0. The Morgan fingerprint density at radius 1 is 1.34 bits per heavy atom. The van der Waals surface area contributed by atoms with E-state index in [9.17, 15) is 9.59 Å². The quantitative estimate of drug-likeness (QED) is 0.412. The van der Waals surface area contributed by atoms with E-state index in [-0.39, 0.29) is 18.0 Å². The third kappa shape index (κ3) is 6.11. The molecule has 0 spiro atoms. The highest BCUT2D eigenvalue weighted by molar-refractivity contribution is 6.32. The van der Waals surface area contributed by atoms with Crippen LogP contribution in [-0.4, -0.2) is 54.8 Å². The first-order valence-corrected chi connectivity index (χ1v) is 12.2. The number of aldehydes is 1. The molecule has 0 bridgehead atoms. The van der Waals surface area contributed by atoms with Crippen molar-refractivity contribution in [3.63, 3.8) is 0 Å². The Balaban J connectivity index is 0.000000363. The van der Waals surface area contributed by atoms with Gasteiger partial charge in [0.15, 0.2) is 0 Å². The van der Waals surface area contributed by atoms with Crippen LogP contribution in [0.25, 0.3) is 11.1 Å². The first kappa shape index (κ1) is 26.5. The molecule has 8 heteroatoms. The molecule has 1 fully saturated rings. The zero-order valence-electron chi connectivity index (χ0n) is 20.8. The fourth-order valence-corrected chi connectivity index (χ4v) is 4.73. The molecule has 0 radical (unpaired) electrons. The molecule has 35 heavy (non-hydrogen) atoms. The van der Waals surface area contributed by atoms with Crippen molar-refractivity contribution in [3.05, 3.63) is 82.9 Å². The van der Waals surface area contributed by atoms with E-state index in [1.165, 1.54) is 5.57 Å². The summed E-state index contributed by atoms with van der Waals surface area (Å²) >= 11 is 6.82. The fourth-order valence-electron chi connectivity index (χ4n) is 4.33. The number of carbonyl (C=O) groups is 2. The predicted octanol–water partition coefficient (Wildman–Crippen LogP) is 3.75. The lowest BCUT2D eigenvalue weighted by Crippen LogP contribution is -2.33. The monoisotopic (exact) mass is 495 g/mol. The van der Waals surface area contributed by atoms with Gasteiger partial charge in [-0.2, -0.15) is 0 Å². The molecule has 4 rings (SSSR count). The molecule has 1 amide bonds. The Labute approximate surface area is 212 Å². The number of nitrogens with zero attached hydrogens (tertiary/aromatic N) is 2. The summed E-state index contributed by atoms with van der Waals surface area (Å²) in [6.07, 6.45) is 9.88. The summed E-state index contributed by atoms with van der Waals surface area (Å²) < 4.78 is 0. The molecule has 1 saturated heterocycles. The van der Waals surface area contributed by atoms with Crippen molar-refractivity contribution in [3.8, 4) is 0 Å². The lowest BCUT2D eigenvalue weighted by atomic mass is 9.91. The number of hydrazine groups is 1. The van der Waals surface area contributed by atoms with Gasteiger partial charge in [-0.05, 0) is 61.2 Å². The van der Waals surface area contributed by atoms with Gasteiger partial charge in [-0.25, -0.2) is 5.43 Å². The Morgan fingerprint density at radius 2 is 2.09 bits per heavy atom. The van der Waals surface area contributed by atoms with Gasteiger partial charge in [0.25, 0.3) is 0 Å². The van der Waals surface area contributed by atoms with E-state index >= 15 is 0 Å². The van der Waals surface area contributed by atoms with Crippen molar-refractivity contribution in [2.75, 3.05) is 20.6 Å². The van der Waals surface area contributed by atoms with Crippen LogP contribution in [0.4, 0.5) is 0 Å². The van der Waals surface area contributed by atoms with Gasteiger partial charge < -0.3 is 20.5 Å². The first-order chi connectivity index (χ1) is 16.8. The molecule has 3 aliphatic rings. The normalized spacial score (nSPS) is 22.2. The Morgan fingerprint density at radius 3 is 2.60 bits per heavy atom. The third-order valence-corrected chi connectivity index (χ3v) is 6.58. The van der Waals surface area contributed by atoms with Crippen LogP contribution in [-0.2, 0) is 9.59 Å². The maximum absolute atomic E-state index is 11.0. The van der Waals surface area contributed by atoms with E-state index in [2.05, 4.69) is 54.8 Å². The predicted molar refractivity (Wildman–Crippen MR) is 143 cm³/mol. The van der Waals surface area contributed by atoms with E-state index in [0.717, 1.165) is 42.4 Å². The van der Waals surface area contributed by atoms with Crippen molar-refractivity contribution in [2.24, 2.45) is 0 Å². The third-order valence-electron chi connectivity index (χ3n) is 6.17. The van der Waals surface area contributed by atoms with Crippen molar-refractivity contribution >= 4 is 34.9 Å². The van der Waals surface area contributed by atoms with Crippen molar-refractivity contribution in [2.45, 2.75) is 38.8 Å². The Hall–Kier alpha value is -3.13. The molecule has 0 aliphatic carbocycles. The zero-order valence-corrected chi connectivity index (χ0v) is 21.5. The van der Waals surface area contributed by atoms with Crippen molar-refractivity contribution < 1.29 is 9.59 Å². The summed E-state index contributed by atoms with van der Waals surface area (Å²) in [6.45, 7) is 9.10. The van der Waals surface area contributed by atoms with Crippen LogP contribution in [0, 0.1) is 0 Å². The number of likely N-dealkylation sites (N-methyl/N-ethyl adjacent to an activating group) is 1. The lowest BCUT2D eigenvalue weighted by Gasteiger charge is -2.26. The number of rotatable bonds is 6. The van der Waals surface area contributed by atoms with Gasteiger partial charge in [-0.3, -0.25) is 9.59 Å². The molecule has 3 heterocycles. The number of carbonyl (C=O) groups excluding carboxylic acids is 2. The van der Waals surface area contributed by atoms with Crippen LogP contribution in [0.1, 0.15) is 37.8 Å². The van der Waals surface area contributed by atoms with E-state index in [0.29, 0.717) is 16.4 Å². The van der Waals surface area contributed by atoms with Gasteiger partial charge >= 0.3 is 0 Å². The fraction of sp³-hybridized carbons (Fsp3) is 0.333. The minimum absolute atomic E-state index is 0.0648. The topological polar surface area (TPSA) is 76.7 Å². The molecule has 7 nitrogen and oxygen atoms in total. The highest BCUT2D eigenvalue weighted by Crippen LogP contribution is 2.36. The van der Waals surface area contributed by atoms with Gasteiger partial charge in [0, 0.05) is 37.3 Å². The highest BCUT2D eigenvalue weighted by atomic mass is 35.5. The molecule has 3 aliphatic heterocycles. The number of hydrogen-bond acceptors (Lipinski definition) is 6. The van der Waals surface area contributed by atoms with Crippen molar-refractivity contribution in [1.82, 2.24) is 26.0 Å². The number of allylic oxidation sites excluding steroid dienone is 4. The molecule has 2 atom stereocenters. The minimum atomic E-state index is 0.0648. The highest BCUT2D eigenvalue weighted by Gasteiger charge is 2.24. The van der Waals surface area contributed by atoms with Crippen LogP contribution >= 0.6 is 11.6 Å². The van der Waals surface area contributed by atoms with Crippen LogP contribution in [0.15, 0.2) is 71.8 Å².